The van der Waals surface area contributed by atoms with Crippen molar-refractivity contribution in [3.63, 3.8) is 0 Å². The predicted octanol–water partition coefficient (Wildman–Crippen LogP) is 3.42. The molecule has 0 bridgehead atoms. The predicted molar refractivity (Wildman–Crippen MR) is 78.3 cm³/mol. The fourth-order valence-corrected chi connectivity index (χ4v) is 1.95. The molecule has 0 aliphatic carbocycles. The fourth-order valence-electron chi connectivity index (χ4n) is 1.95. The van der Waals surface area contributed by atoms with Gasteiger partial charge in [-0.1, -0.05) is 29.8 Å². The van der Waals surface area contributed by atoms with Crippen molar-refractivity contribution in [3.05, 3.63) is 73.8 Å². The number of nitrogens with zero attached hydrogens (tertiary/aromatic N) is 2. The van der Waals surface area contributed by atoms with Gasteiger partial charge >= 0.3 is 0 Å². The topological polar surface area (TPSA) is 98.3 Å². The van der Waals surface area contributed by atoms with Gasteiger partial charge in [0, 0.05) is 12.6 Å². The number of rotatable bonds is 5. The number of nitrogens with one attached hydrogen (secondary N) is 1. The third kappa shape index (κ3) is 3.53. The highest BCUT2D eigenvalue weighted by atomic mass is 16.6. The minimum Gasteiger partial charge on any atom is -0.375 e. The molecule has 0 aliphatic heterocycles. The van der Waals surface area contributed by atoms with Crippen molar-refractivity contribution in [1.82, 2.24) is 0 Å². The molecule has 0 unspecified atom stereocenters. The van der Waals surface area contributed by atoms with Gasteiger partial charge in [0.1, 0.15) is 5.69 Å². The van der Waals surface area contributed by atoms with Crippen molar-refractivity contribution in [3.8, 4) is 0 Å². The largest absolute Gasteiger partial charge is 0.375 e. The number of benzene rings is 2. The van der Waals surface area contributed by atoms with Gasteiger partial charge in [0.15, 0.2) is 0 Å². The van der Waals surface area contributed by atoms with E-state index in [1.165, 1.54) is 12.1 Å². The number of nitro benzene ring substituents is 2. The molecule has 21 heavy (non-hydrogen) atoms. The molecule has 1 N–H and O–H groups in total. The molecule has 2 aromatic carbocycles. The highest BCUT2D eigenvalue weighted by Crippen LogP contribution is 2.29. The first kappa shape index (κ1) is 14.4. The fraction of sp³-hybridized carbons (Fsp3) is 0.143. The first-order valence-electron chi connectivity index (χ1n) is 6.19. The van der Waals surface area contributed by atoms with Crippen LogP contribution in [0.1, 0.15) is 11.1 Å². The Morgan fingerprint density at radius 2 is 1.81 bits per heavy atom. The Kier molecular flexibility index (Phi) is 4.13. The van der Waals surface area contributed by atoms with Crippen LogP contribution < -0.4 is 5.32 Å². The van der Waals surface area contributed by atoms with Crippen LogP contribution in [0.4, 0.5) is 17.1 Å². The first-order valence-corrected chi connectivity index (χ1v) is 6.19. The molecule has 0 saturated carbocycles. The normalized spacial score (nSPS) is 10.1. The van der Waals surface area contributed by atoms with Crippen LogP contribution in [0.15, 0.2) is 42.5 Å². The van der Waals surface area contributed by atoms with E-state index in [-0.39, 0.29) is 17.1 Å². The molecule has 0 aliphatic rings. The third-order valence-corrected chi connectivity index (χ3v) is 2.95. The summed E-state index contributed by atoms with van der Waals surface area (Å²) in [7, 11) is 0. The number of aryl methyl sites for hydroxylation is 1. The van der Waals surface area contributed by atoms with E-state index < -0.39 is 9.85 Å². The van der Waals surface area contributed by atoms with Crippen molar-refractivity contribution in [2.24, 2.45) is 0 Å². The van der Waals surface area contributed by atoms with Crippen LogP contribution in [-0.4, -0.2) is 9.85 Å². The Hall–Kier alpha value is -2.96. The average molecular weight is 287 g/mol. The molecular weight excluding hydrogens is 274 g/mol. The summed E-state index contributed by atoms with van der Waals surface area (Å²) in [6, 6.07) is 11.3. The maximum Gasteiger partial charge on any atom is 0.299 e. The molecule has 0 fully saturated rings. The van der Waals surface area contributed by atoms with E-state index in [1.54, 1.807) is 0 Å². The van der Waals surface area contributed by atoms with Crippen molar-refractivity contribution in [2.75, 3.05) is 5.32 Å². The van der Waals surface area contributed by atoms with Crippen molar-refractivity contribution in [1.29, 1.82) is 0 Å². The minimum absolute atomic E-state index is 0.257. The third-order valence-electron chi connectivity index (χ3n) is 2.95. The summed E-state index contributed by atoms with van der Waals surface area (Å²) in [5.41, 5.74) is 1.71. The van der Waals surface area contributed by atoms with Crippen LogP contribution in [0, 0.1) is 27.2 Å². The molecule has 7 nitrogen and oxygen atoms in total. The molecule has 0 aromatic heterocycles. The Labute approximate surface area is 120 Å². The summed E-state index contributed by atoms with van der Waals surface area (Å²) in [5.74, 6) is 0. The number of non-ortho nitro benzene ring substituents is 1. The van der Waals surface area contributed by atoms with Crippen LogP contribution in [0.3, 0.4) is 0 Å². The minimum atomic E-state index is -0.655. The van der Waals surface area contributed by atoms with E-state index in [0.29, 0.717) is 6.54 Å². The van der Waals surface area contributed by atoms with Gasteiger partial charge in [0.05, 0.1) is 15.9 Å². The molecule has 0 atom stereocenters. The summed E-state index contributed by atoms with van der Waals surface area (Å²) in [6.45, 7) is 2.36. The summed E-state index contributed by atoms with van der Waals surface area (Å²) >= 11 is 0. The van der Waals surface area contributed by atoms with E-state index in [9.17, 15) is 20.2 Å². The Morgan fingerprint density at radius 1 is 1.05 bits per heavy atom. The second kappa shape index (κ2) is 6.00. The van der Waals surface area contributed by atoms with Crippen LogP contribution in [0.5, 0.6) is 0 Å². The Bertz CT molecular complexity index is 700. The van der Waals surface area contributed by atoms with Crippen LogP contribution in [0.25, 0.3) is 0 Å². The number of nitro groups is 2. The lowest BCUT2D eigenvalue weighted by atomic mass is 10.1. The number of hydrogen-bond donors (Lipinski definition) is 1. The number of hydrogen-bond acceptors (Lipinski definition) is 5. The zero-order valence-electron chi connectivity index (χ0n) is 11.3. The zero-order chi connectivity index (χ0) is 15.4. The van der Waals surface area contributed by atoms with Crippen molar-refractivity contribution in [2.45, 2.75) is 13.5 Å². The molecule has 0 spiro atoms. The van der Waals surface area contributed by atoms with Gasteiger partial charge in [-0.15, -0.1) is 0 Å². The van der Waals surface area contributed by atoms with E-state index in [1.807, 2.05) is 31.2 Å². The molecular formula is C14H13N3O4. The first-order chi connectivity index (χ1) is 9.97. The summed E-state index contributed by atoms with van der Waals surface area (Å²) in [5, 5.41) is 24.6. The zero-order valence-corrected chi connectivity index (χ0v) is 11.3. The Morgan fingerprint density at radius 3 is 2.43 bits per heavy atom. The maximum absolute atomic E-state index is 11.0. The van der Waals surface area contributed by atoms with Gasteiger partial charge < -0.3 is 5.32 Å². The standard InChI is InChI=1S/C14H13N3O4/c1-10-3-2-4-11(7-10)9-15-13-6-5-12(16(18)19)8-14(13)17(20)21/h2-8,15H,9H2,1H3. The molecule has 0 heterocycles. The van der Waals surface area contributed by atoms with Gasteiger partial charge in [-0.3, -0.25) is 20.2 Å². The molecule has 2 rings (SSSR count). The van der Waals surface area contributed by atoms with E-state index in [4.69, 9.17) is 0 Å². The lowest BCUT2D eigenvalue weighted by Crippen LogP contribution is -2.03. The lowest BCUT2D eigenvalue weighted by Gasteiger charge is -2.07. The number of anilines is 1. The van der Waals surface area contributed by atoms with Gasteiger partial charge in [0.2, 0.25) is 0 Å². The van der Waals surface area contributed by atoms with Gasteiger partial charge in [0.25, 0.3) is 11.4 Å². The van der Waals surface area contributed by atoms with Crippen LogP contribution >= 0.6 is 0 Å². The van der Waals surface area contributed by atoms with Crippen LogP contribution in [0.2, 0.25) is 0 Å². The van der Waals surface area contributed by atoms with Crippen molar-refractivity contribution < 1.29 is 9.85 Å². The molecule has 0 radical (unpaired) electrons. The maximum atomic E-state index is 11.0. The molecule has 2 aromatic rings. The van der Waals surface area contributed by atoms with Gasteiger partial charge in [-0.05, 0) is 18.6 Å². The average Bonchev–Trinajstić information content (AvgIpc) is 2.44. The molecule has 7 heteroatoms. The SMILES string of the molecule is Cc1cccc(CNc2ccc([N+](=O)[O-])cc2[N+](=O)[O-])c1. The van der Waals surface area contributed by atoms with Crippen molar-refractivity contribution >= 4 is 17.1 Å². The summed E-state index contributed by atoms with van der Waals surface area (Å²) < 4.78 is 0. The smallest absolute Gasteiger partial charge is 0.299 e. The Balaban J connectivity index is 2.23. The summed E-state index contributed by atoms with van der Waals surface area (Å²) in [4.78, 5) is 20.4. The molecule has 0 amide bonds. The quantitative estimate of drug-likeness (QED) is 0.671. The lowest BCUT2D eigenvalue weighted by molar-refractivity contribution is -0.393. The monoisotopic (exact) mass is 287 g/mol. The van der Waals surface area contributed by atoms with Crippen LogP contribution in [-0.2, 0) is 6.54 Å². The van der Waals surface area contributed by atoms with E-state index >= 15 is 0 Å². The molecule has 0 saturated heterocycles. The van der Waals surface area contributed by atoms with E-state index in [0.717, 1.165) is 17.2 Å². The summed E-state index contributed by atoms with van der Waals surface area (Å²) in [6.07, 6.45) is 0. The highest BCUT2D eigenvalue weighted by Gasteiger charge is 2.19. The van der Waals surface area contributed by atoms with Gasteiger partial charge in [-0.25, -0.2) is 0 Å². The second-order valence-electron chi connectivity index (χ2n) is 4.56. The van der Waals surface area contributed by atoms with E-state index in [2.05, 4.69) is 5.32 Å². The van der Waals surface area contributed by atoms with Gasteiger partial charge in [-0.2, -0.15) is 0 Å². The molecule has 108 valence electrons. The second-order valence-corrected chi connectivity index (χ2v) is 4.56. The highest BCUT2D eigenvalue weighted by molar-refractivity contribution is 5.65.